The Labute approximate surface area is 202 Å². The molecule has 1 fully saturated rings. The van der Waals surface area contributed by atoms with Crippen LogP contribution < -0.4 is 10.2 Å². The molecular formula is C24H19F3N6O3. The number of hydrogen-bond donors (Lipinski definition) is 1. The van der Waals surface area contributed by atoms with Crippen molar-refractivity contribution in [2.24, 2.45) is 0 Å². The van der Waals surface area contributed by atoms with Crippen molar-refractivity contribution in [2.45, 2.75) is 25.1 Å². The van der Waals surface area contributed by atoms with Gasteiger partial charge in [0.25, 0.3) is 5.91 Å². The maximum absolute atomic E-state index is 13.6. The minimum atomic E-state index is -4.83. The zero-order chi connectivity index (χ0) is 25.4. The molecule has 12 heteroatoms. The quantitative estimate of drug-likeness (QED) is 0.373. The van der Waals surface area contributed by atoms with Crippen LogP contribution in [0.15, 0.2) is 59.5 Å². The second-order valence-electron chi connectivity index (χ2n) is 8.28. The lowest BCUT2D eigenvalue weighted by atomic mass is 10.2. The number of aromatic nitrogens is 4. The summed E-state index contributed by atoms with van der Waals surface area (Å²) in [7, 11) is 1.94. The van der Waals surface area contributed by atoms with Crippen LogP contribution >= 0.6 is 0 Å². The van der Waals surface area contributed by atoms with E-state index in [2.05, 4.69) is 20.4 Å². The van der Waals surface area contributed by atoms with Crippen LogP contribution in [-0.2, 0) is 6.18 Å². The zero-order valence-electron chi connectivity index (χ0n) is 18.9. The van der Waals surface area contributed by atoms with Gasteiger partial charge in [-0.05, 0) is 49.2 Å². The van der Waals surface area contributed by atoms with Gasteiger partial charge in [-0.1, -0.05) is 0 Å². The van der Waals surface area contributed by atoms with E-state index < -0.39 is 23.5 Å². The number of oxazole rings is 1. The molecule has 0 unspecified atom stereocenters. The fourth-order valence-corrected chi connectivity index (χ4v) is 3.60. The molecule has 0 spiro atoms. The maximum atomic E-state index is 13.6. The molecule has 1 N–H and O–H groups in total. The third kappa shape index (κ3) is 4.69. The van der Waals surface area contributed by atoms with Crippen LogP contribution in [0.1, 0.15) is 39.4 Å². The first kappa shape index (κ1) is 23.3. The van der Waals surface area contributed by atoms with Crippen molar-refractivity contribution in [3.05, 3.63) is 72.0 Å². The van der Waals surface area contributed by atoms with Gasteiger partial charge in [0.15, 0.2) is 11.4 Å². The molecular weight excluding hydrogens is 477 g/mol. The van der Waals surface area contributed by atoms with Gasteiger partial charge in [-0.15, -0.1) is 0 Å². The number of benzene rings is 1. The molecule has 0 atom stereocenters. The molecule has 0 radical (unpaired) electrons. The molecule has 3 aromatic heterocycles. The number of pyridine rings is 1. The number of hydrogen-bond acceptors (Lipinski definition) is 7. The Kier molecular flexibility index (Phi) is 5.78. The van der Waals surface area contributed by atoms with Crippen LogP contribution in [0.3, 0.4) is 0 Å². The standard InChI is InChI=1S/C24H19F3N6O3/c1-32(16-6-7-16)20-10-15(8-9-28-20)23-30-19(13-36-23)22(35)29-18-11-33(31-21(18)24(25,26)27)17-4-2-14(12-34)3-5-17/h2-5,8-13,16H,6-7H2,1H3,(H,29,35). The largest absolute Gasteiger partial charge is 0.444 e. The van der Waals surface area contributed by atoms with Crippen molar-refractivity contribution in [1.82, 2.24) is 19.7 Å². The van der Waals surface area contributed by atoms with Crippen LogP contribution in [0, 0.1) is 0 Å². The highest BCUT2D eigenvalue weighted by Crippen LogP contribution is 2.35. The lowest BCUT2D eigenvalue weighted by molar-refractivity contribution is -0.140. The summed E-state index contributed by atoms with van der Waals surface area (Å²) in [6.45, 7) is 0. The van der Waals surface area contributed by atoms with Crippen LogP contribution in [-0.4, -0.2) is 45.0 Å². The first-order valence-electron chi connectivity index (χ1n) is 10.9. The molecule has 3 heterocycles. The Hall–Kier alpha value is -4.48. The van der Waals surface area contributed by atoms with E-state index in [0.29, 0.717) is 23.5 Å². The summed E-state index contributed by atoms with van der Waals surface area (Å²) in [6.07, 6.45) is 1.68. The highest BCUT2D eigenvalue weighted by molar-refractivity contribution is 6.03. The van der Waals surface area contributed by atoms with Crippen LogP contribution in [0.4, 0.5) is 24.7 Å². The van der Waals surface area contributed by atoms with Crippen molar-refractivity contribution in [2.75, 3.05) is 17.3 Å². The van der Waals surface area contributed by atoms with Gasteiger partial charge in [0, 0.05) is 30.4 Å². The number of nitrogens with zero attached hydrogens (tertiary/aromatic N) is 5. The lowest BCUT2D eigenvalue weighted by Gasteiger charge is -2.17. The van der Waals surface area contributed by atoms with E-state index in [1.165, 1.54) is 24.3 Å². The van der Waals surface area contributed by atoms with E-state index in [9.17, 15) is 22.8 Å². The Bertz CT molecular complexity index is 1420. The summed E-state index contributed by atoms with van der Waals surface area (Å²) in [5.74, 6) is -0.0339. The normalized spacial score (nSPS) is 13.4. The first-order chi connectivity index (χ1) is 17.2. The highest BCUT2D eigenvalue weighted by atomic mass is 19.4. The molecule has 4 aromatic rings. The predicted octanol–water partition coefficient (Wildman–Crippen LogP) is 4.60. The topological polar surface area (TPSA) is 106 Å². The molecule has 0 saturated heterocycles. The molecule has 36 heavy (non-hydrogen) atoms. The van der Waals surface area contributed by atoms with Gasteiger partial charge in [-0.25, -0.2) is 14.6 Å². The summed E-state index contributed by atoms with van der Waals surface area (Å²) in [5, 5.41) is 5.81. The SMILES string of the molecule is CN(c1cc(-c2nc(C(=O)Nc3cn(-c4ccc(C=O)cc4)nc3C(F)(F)F)co2)ccn1)C1CC1. The maximum Gasteiger partial charge on any atom is 0.437 e. The second kappa shape index (κ2) is 8.95. The number of alkyl halides is 3. The molecule has 5 rings (SSSR count). The van der Waals surface area contributed by atoms with Crippen molar-refractivity contribution < 1.29 is 27.2 Å². The fourth-order valence-electron chi connectivity index (χ4n) is 3.60. The first-order valence-corrected chi connectivity index (χ1v) is 10.9. The van der Waals surface area contributed by atoms with E-state index >= 15 is 0 Å². The summed E-state index contributed by atoms with van der Waals surface area (Å²) < 4.78 is 47.3. The summed E-state index contributed by atoms with van der Waals surface area (Å²) in [4.78, 5) is 34.1. The molecule has 1 saturated carbocycles. The Balaban J connectivity index is 1.38. The van der Waals surface area contributed by atoms with E-state index in [4.69, 9.17) is 4.42 Å². The molecule has 1 aromatic carbocycles. The molecule has 1 amide bonds. The van der Waals surface area contributed by atoms with Crippen LogP contribution in [0.2, 0.25) is 0 Å². The second-order valence-corrected chi connectivity index (χ2v) is 8.28. The summed E-state index contributed by atoms with van der Waals surface area (Å²) in [5.41, 5.74) is -0.809. The average Bonchev–Trinajstić information content (AvgIpc) is 3.43. The van der Waals surface area contributed by atoms with Gasteiger partial charge in [0.1, 0.15) is 18.4 Å². The minimum Gasteiger partial charge on any atom is -0.444 e. The number of amides is 1. The number of nitrogens with one attached hydrogen (secondary N) is 1. The third-order valence-electron chi connectivity index (χ3n) is 5.71. The number of halogens is 3. The molecule has 184 valence electrons. The summed E-state index contributed by atoms with van der Waals surface area (Å²) in [6, 6.07) is 9.64. The van der Waals surface area contributed by atoms with Crippen molar-refractivity contribution in [1.29, 1.82) is 0 Å². The average molecular weight is 496 g/mol. The number of carbonyl (C=O) groups excluding carboxylic acids is 2. The Morgan fingerprint density at radius 3 is 2.64 bits per heavy atom. The summed E-state index contributed by atoms with van der Waals surface area (Å²) >= 11 is 0. The van der Waals surface area contributed by atoms with Crippen molar-refractivity contribution in [3.8, 4) is 17.1 Å². The van der Waals surface area contributed by atoms with E-state index in [0.717, 1.165) is 35.8 Å². The van der Waals surface area contributed by atoms with Gasteiger partial charge in [-0.3, -0.25) is 9.59 Å². The zero-order valence-corrected chi connectivity index (χ0v) is 18.9. The van der Waals surface area contributed by atoms with E-state index in [1.54, 1.807) is 18.3 Å². The van der Waals surface area contributed by atoms with Crippen LogP contribution in [0.5, 0.6) is 0 Å². The number of aldehydes is 1. The van der Waals surface area contributed by atoms with Gasteiger partial charge in [0.05, 0.1) is 17.6 Å². The van der Waals surface area contributed by atoms with Gasteiger partial charge in [0.2, 0.25) is 5.89 Å². The van der Waals surface area contributed by atoms with Crippen molar-refractivity contribution in [3.63, 3.8) is 0 Å². The third-order valence-corrected chi connectivity index (χ3v) is 5.71. The van der Waals surface area contributed by atoms with E-state index in [-0.39, 0.29) is 17.3 Å². The smallest absolute Gasteiger partial charge is 0.437 e. The fraction of sp³-hybridized carbons (Fsp3) is 0.208. The van der Waals surface area contributed by atoms with Gasteiger partial charge < -0.3 is 14.6 Å². The lowest BCUT2D eigenvalue weighted by Crippen LogP contribution is -2.20. The molecule has 1 aliphatic carbocycles. The molecule has 9 nitrogen and oxygen atoms in total. The van der Waals surface area contributed by atoms with Gasteiger partial charge in [-0.2, -0.15) is 18.3 Å². The number of anilines is 2. The molecule has 0 bridgehead atoms. The number of carbonyl (C=O) groups is 2. The number of rotatable bonds is 7. The molecule has 1 aliphatic rings. The molecule has 0 aliphatic heterocycles. The van der Waals surface area contributed by atoms with Gasteiger partial charge >= 0.3 is 6.18 Å². The monoisotopic (exact) mass is 496 g/mol. The Morgan fingerprint density at radius 2 is 1.97 bits per heavy atom. The van der Waals surface area contributed by atoms with E-state index in [1.807, 2.05) is 11.9 Å². The highest BCUT2D eigenvalue weighted by Gasteiger charge is 2.38. The van der Waals surface area contributed by atoms with Crippen molar-refractivity contribution >= 4 is 23.7 Å². The van der Waals surface area contributed by atoms with Crippen LogP contribution in [0.25, 0.3) is 17.1 Å². The predicted molar refractivity (Wildman–Crippen MR) is 123 cm³/mol. The minimum absolute atomic E-state index is 0.134. The Morgan fingerprint density at radius 1 is 1.22 bits per heavy atom.